The van der Waals surface area contributed by atoms with Gasteiger partial charge in [-0.3, -0.25) is 0 Å². The zero-order chi connectivity index (χ0) is 39.7. The summed E-state index contributed by atoms with van der Waals surface area (Å²) in [7, 11) is 0. The van der Waals surface area contributed by atoms with Crippen LogP contribution in [-0.2, 0) is 10.8 Å². The largest absolute Gasteiger partial charge is 0.309 e. The van der Waals surface area contributed by atoms with Gasteiger partial charge in [-0.1, -0.05) is 177 Å². The quantitative estimate of drug-likeness (QED) is 0.172. The Morgan fingerprint density at radius 3 is 1.88 bits per heavy atom. The first-order valence-corrected chi connectivity index (χ1v) is 22.1. The highest BCUT2D eigenvalue weighted by molar-refractivity contribution is 7.26. The summed E-state index contributed by atoms with van der Waals surface area (Å²) < 4.78 is 2.65. The monoisotopic (exact) mass is 783 g/mol. The molecule has 9 aromatic rings. The summed E-state index contributed by atoms with van der Waals surface area (Å²) in [6.07, 6.45) is 6.95. The number of para-hydroxylation sites is 1. The molecule has 0 aliphatic heterocycles. The second-order valence-electron chi connectivity index (χ2n) is 17.4. The van der Waals surface area contributed by atoms with Crippen molar-refractivity contribution in [2.75, 3.05) is 4.90 Å². The van der Waals surface area contributed by atoms with Gasteiger partial charge in [0.2, 0.25) is 0 Å². The van der Waals surface area contributed by atoms with Crippen molar-refractivity contribution in [2.45, 2.75) is 37.5 Å². The van der Waals surface area contributed by atoms with E-state index in [1.54, 1.807) is 5.57 Å². The molecule has 4 aliphatic rings. The molecule has 0 bridgehead atoms. The van der Waals surface area contributed by atoms with Crippen molar-refractivity contribution in [3.8, 4) is 33.4 Å². The van der Waals surface area contributed by atoms with Gasteiger partial charge in [0.25, 0.3) is 0 Å². The van der Waals surface area contributed by atoms with Gasteiger partial charge in [-0.2, -0.15) is 0 Å². The summed E-state index contributed by atoms with van der Waals surface area (Å²) in [6, 6.07) is 66.7. The summed E-state index contributed by atoms with van der Waals surface area (Å²) >= 11 is 1.90. The maximum Gasteiger partial charge on any atom is 0.0726 e. The van der Waals surface area contributed by atoms with Crippen molar-refractivity contribution in [3.63, 3.8) is 0 Å². The van der Waals surface area contributed by atoms with Crippen LogP contribution < -0.4 is 4.90 Å². The summed E-state index contributed by atoms with van der Waals surface area (Å²) in [4.78, 5) is 2.60. The van der Waals surface area contributed by atoms with E-state index < -0.39 is 5.41 Å². The molecular weight excluding hydrogens is 743 g/mol. The summed E-state index contributed by atoms with van der Waals surface area (Å²) in [5.41, 5.74) is 22.0. The molecule has 0 N–H and O–H groups in total. The molecular formula is C58H41NS. The van der Waals surface area contributed by atoms with E-state index in [1.807, 2.05) is 11.3 Å². The molecule has 0 amide bonds. The van der Waals surface area contributed by atoms with Crippen LogP contribution in [-0.4, -0.2) is 0 Å². The second kappa shape index (κ2) is 12.4. The molecule has 60 heavy (non-hydrogen) atoms. The van der Waals surface area contributed by atoms with Crippen LogP contribution in [0.1, 0.15) is 60.1 Å². The van der Waals surface area contributed by atoms with E-state index in [0.29, 0.717) is 0 Å². The van der Waals surface area contributed by atoms with Crippen LogP contribution in [0.25, 0.3) is 59.1 Å². The number of hydrogen-bond acceptors (Lipinski definition) is 2. The third-order valence-electron chi connectivity index (χ3n) is 14.2. The van der Waals surface area contributed by atoms with Gasteiger partial charge in [0.15, 0.2) is 0 Å². The Hall–Kier alpha value is -6.74. The van der Waals surface area contributed by atoms with E-state index in [1.165, 1.54) is 110 Å². The summed E-state index contributed by atoms with van der Waals surface area (Å²) in [5.74, 6) is 0. The van der Waals surface area contributed by atoms with E-state index in [9.17, 15) is 0 Å². The molecule has 13 rings (SSSR count). The summed E-state index contributed by atoms with van der Waals surface area (Å²) in [6.45, 7) is 4.87. The van der Waals surface area contributed by atoms with Gasteiger partial charge in [0.1, 0.15) is 0 Å². The van der Waals surface area contributed by atoms with Crippen molar-refractivity contribution >= 4 is 54.1 Å². The first-order chi connectivity index (χ1) is 29.5. The smallest absolute Gasteiger partial charge is 0.0726 e. The number of rotatable bonds is 4. The molecule has 0 unspecified atom stereocenters. The minimum atomic E-state index is -0.432. The van der Waals surface area contributed by atoms with Gasteiger partial charge in [-0.15, -0.1) is 11.3 Å². The van der Waals surface area contributed by atoms with Crippen molar-refractivity contribution < 1.29 is 0 Å². The van der Waals surface area contributed by atoms with Crippen molar-refractivity contribution in [1.82, 2.24) is 0 Å². The van der Waals surface area contributed by atoms with E-state index in [-0.39, 0.29) is 5.41 Å². The third kappa shape index (κ3) is 4.36. The lowest BCUT2D eigenvalue weighted by Crippen LogP contribution is -2.26. The van der Waals surface area contributed by atoms with Gasteiger partial charge in [-0.25, -0.2) is 0 Å². The minimum Gasteiger partial charge on any atom is -0.309 e. The van der Waals surface area contributed by atoms with E-state index >= 15 is 0 Å². The zero-order valence-corrected chi connectivity index (χ0v) is 34.5. The Balaban J connectivity index is 1.12. The maximum atomic E-state index is 2.60. The number of thiophene rings is 1. The van der Waals surface area contributed by atoms with Gasteiger partial charge < -0.3 is 4.90 Å². The SMILES string of the molecule is CC1(C)C2=C(C=CCC2)c2ccc(N(c3ccccc3-c3cccc4c3sc3ccccc34)c3cccc4c3-c3ccccc3C43c4ccccc4-c4ccccc43)cc21. The molecule has 0 atom stereocenters. The van der Waals surface area contributed by atoms with Crippen LogP contribution in [0.15, 0.2) is 194 Å². The number of allylic oxidation sites excluding steroid dienone is 4. The fourth-order valence-electron chi connectivity index (χ4n) is 11.7. The molecule has 284 valence electrons. The molecule has 0 fully saturated rings. The number of anilines is 3. The highest BCUT2D eigenvalue weighted by atomic mass is 32.1. The van der Waals surface area contributed by atoms with E-state index in [2.05, 4.69) is 207 Å². The van der Waals surface area contributed by atoms with Gasteiger partial charge >= 0.3 is 0 Å². The molecule has 1 heterocycles. The minimum absolute atomic E-state index is 0.0636. The molecule has 1 aromatic heterocycles. The Bertz CT molecular complexity index is 3320. The first-order valence-electron chi connectivity index (χ1n) is 21.3. The van der Waals surface area contributed by atoms with Crippen LogP contribution in [0.5, 0.6) is 0 Å². The van der Waals surface area contributed by atoms with Crippen LogP contribution in [0.2, 0.25) is 0 Å². The predicted octanol–water partition coefficient (Wildman–Crippen LogP) is 15.9. The van der Waals surface area contributed by atoms with Crippen molar-refractivity contribution in [3.05, 3.63) is 227 Å². The molecule has 0 saturated carbocycles. The summed E-state index contributed by atoms with van der Waals surface area (Å²) in [5, 5.41) is 2.63. The van der Waals surface area contributed by atoms with Gasteiger partial charge in [0, 0.05) is 48.0 Å². The second-order valence-corrected chi connectivity index (χ2v) is 18.5. The Morgan fingerprint density at radius 1 is 0.483 bits per heavy atom. The van der Waals surface area contributed by atoms with Crippen molar-refractivity contribution in [2.24, 2.45) is 0 Å². The normalized spacial score (nSPS) is 15.8. The van der Waals surface area contributed by atoms with Crippen LogP contribution in [0, 0.1) is 0 Å². The molecule has 4 aliphatic carbocycles. The third-order valence-corrected chi connectivity index (χ3v) is 15.4. The van der Waals surface area contributed by atoms with Crippen molar-refractivity contribution in [1.29, 1.82) is 0 Å². The first kappa shape index (κ1) is 34.2. The van der Waals surface area contributed by atoms with Crippen LogP contribution in [0.4, 0.5) is 17.1 Å². The van der Waals surface area contributed by atoms with E-state index in [0.717, 1.165) is 12.8 Å². The maximum absolute atomic E-state index is 2.60. The molecule has 0 saturated heterocycles. The zero-order valence-electron chi connectivity index (χ0n) is 33.7. The average Bonchev–Trinajstić information content (AvgIpc) is 3.99. The number of hydrogen-bond donors (Lipinski definition) is 0. The molecule has 8 aromatic carbocycles. The number of benzene rings is 8. The fraction of sp³-hybridized carbons (Fsp3) is 0.103. The molecule has 0 radical (unpaired) electrons. The number of fused-ring (bicyclic) bond motifs is 15. The van der Waals surface area contributed by atoms with E-state index in [4.69, 9.17) is 0 Å². The Morgan fingerprint density at radius 2 is 1.08 bits per heavy atom. The van der Waals surface area contributed by atoms with Gasteiger partial charge in [0.05, 0.1) is 16.8 Å². The lowest BCUT2D eigenvalue weighted by atomic mass is 9.70. The molecule has 2 heteroatoms. The topological polar surface area (TPSA) is 3.24 Å². The highest BCUT2D eigenvalue weighted by Gasteiger charge is 2.52. The predicted molar refractivity (Wildman–Crippen MR) is 254 cm³/mol. The standard InChI is InChI=1S/C58H41NS/c1-57(2)46-25-9-3-17-37(46)40-34-33-36(35-51(40)57)59(52-30-13-7-20-41(52)43-23-15-24-44-42-21-8-14-32-54(42)60-56(43)44)53-31-16-29-50-55(53)45-22-6-12-28-49(45)58(50)47-26-10-4-18-38(47)39-19-5-11-27-48(39)58/h3-8,10-24,26-35H,9,25H2,1-2H3. The lowest BCUT2D eigenvalue weighted by Gasteiger charge is -2.33. The Kier molecular flexibility index (Phi) is 7.05. The Labute approximate surface area is 355 Å². The van der Waals surface area contributed by atoms with Gasteiger partial charge in [-0.05, 0) is 98.8 Å². The molecule has 1 spiro atoms. The average molecular weight is 784 g/mol. The number of nitrogens with zero attached hydrogens (tertiary/aromatic N) is 1. The molecule has 1 nitrogen and oxygen atoms in total. The fourth-order valence-corrected chi connectivity index (χ4v) is 13.0. The lowest BCUT2D eigenvalue weighted by molar-refractivity contribution is 0.607. The highest BCUT2D eigenvalue weighted by Crippen LogP contribution is 2.65. The van der Waals surface area contributed by atoms with Crippen LogP contribution in [0.3, 0.4) is 0 Å². The van der Waals surface area contributed by atoms with Crippen LogP contribution >= 0.6 is 11.3 Å².